The number of anilines is 1. The summed E-state index contributed by atoms with van der Waals surface area (Å²) in [6.45, 7) is 2.68. The second-order valence-electron chi connectivity index (χ2n) is 8.05. The fourth-order valence-electron chi connectivity index (χ4n) is 3.93. The lowest BCUT2D eigenvalue weighted by Gasteiger charge is -2.12. The van der Waals surface area contributed by atoms with Crippen LogP contribution in [0.2, 0.25) is 0 Å². The number of unbranched alkanes of at least 4 members (excludes halogenated alkanes) is 4. The molecule has 0 aliphatic heterocycles. The van der Waals surface area contributed by atoms with E-state index in [1.807, 2.05) is 49.4 Å². The van der Waals surface area contributed by atoms with E-state index >= 15 is 0 Å². The zero-order chi connectivity index (χ0) is 22.5. The zero-order valence-corrected chi connectivity index (χ0v) is 18.1. The van der Waals surface area contributed by atoms with Gasteiger partial charge in [0.25, 0.3) is 5.56 Å². The topological polar surface area (TPSA) is 109 Å². The molecule has 4 rings (SSSR count). The van der Waals surface area contributed by atoms with E-state index in [-0.39, 0.29) is 11.5 Å². The van der Waals surface area contributed by atoms with E-state index in [0.29, 0.717) is 28.8 Å². The van der Waals surface area contributed by atoms with Crippen LogP contribution in [0, 0.1) is 6.92 Å². The Balaban J connectivity index is 1.53. The highest BCUT2D eigenvalue weighted by molar-refractivity contribution is 6.01. The average Bonchev–Trinajstić information content (AvgIpc) is 2.81. The lowest BCUT2D eigenvalue weighted by molar-refractivity contribution is -0.129. The molecule has 0 bridgehead atoms. The number of nitrogens with zero attached hydrogens (tertiary/aromatic N) is 3. The lowest BCUT2D eigenvalue weighted by atomic mass is 10.1. The summed E-state index contributed by atoms with van der Waals surface area (Å²) >= 11 is 0. The van der Waals surface area contributed by atoms with Gasteiger partial charge >= 0.3 is 0 Å². The maximum absolute atomic E-state index is 13.2. The molecule has 0 saturated carbocycles. The number of aryl methyl sites for hydroxylation is 1. The van der Waals surface area contributed by atoms with Crippen LogP contribution in [0.25, 0.3) is 27.3 Å². The van der Waals surface area contributed by atoms with Gasteiger partial charge in [0.2, 0.25) is 5.91 Å². The Bertz CT molecular complexity index is 1330. The molecule has 0 unspecified atom stereocenters. The first-order chi connectivity index (χ1) is 15.6. The molecule has 2 aromatic heterocycles. The molecule has 0 aliphatic carbocycles. The van der Waals surface area contributed by atoms with Crippen LogP contribution in [0.1, 0.15) is 44.1 Å². The number of aromatic nitrogens is 3. The second-order valence-corrected chi connectivity index (χ2v) is 8.05. The van der Waals surface area contributed by atoms with Crippen LogP contribution in [0.3, 0.4) is 0 Å². The van der Waals surface area contributed by atoms with Crippen molar-refractivity contribution in [2.24, 2.45) is 0 Å². The number of amides is 1. The molecule has 2 heterocycles. The number of fused-ring (bicyclic) bond motifs is 4. The van der Waals surface area contributed by atoms with E-state index in [1.165, 1.54) is 4.52 Å². The Morgan fingerprint density at radius 3 is 2.56 bits per heavy atom. The van der Waals surface area contributed by atoms with Gasteiger partial charge in [-0.2, -0.15) is 4.52 Å². The summed E-state index contributed by atoms with van der Waals surface area (Å²) in [7, 11) is 0. The first kappa shape index (κ1) is 21.7. The molecule has 166 valence electrons. The number of rotatable bonds is 9. The van der Waals surface area contributed by atoms with Crippen molar-refractivity contribution in [1.82, 2.24) is 20.1 Å². The van der Waals surface area contributed by atoms with Gasteiger partial charge in [-0.1, -0.05) is 55.2 Å². The van der Waals surface area contributed by atoms with Crippen molar-refractivity contribution in [1.29, 1.82) is 0 Å². The predicted molar refractivity (Wildman–Crippen MR) is 125 cm³/mol. The summed E-state index contributed by atoms with van der Waals surface area (Å²) in [5, 5.41) is 18.9. The Labute approximate surface area is 185 Å². The van der Waals surface area contributed by atoms with Crippen LogP contribution < -0.4 is 16.4 Å². The second kappa shape index (κ2) is 9.74. The molecule has 0 aliphatic rings. The van der Waals surface area contributed by atoms with Gasteiger partial charge in [-0.05, 0) is 31.9 Å². The molecule has 8 heteroatoms. The Hall–Kier alpha value is -3.52. The molecule has 0 fully saturated rings. The highest BCUT2D eigenvalue weighted by Crippen LogP contribution is 2.25. The van der Waals surface area contributed by atoms with Crippen LogP contribution in [0.15, 0.2) is 47.3 Å². The van der Waals surface area contributed by atoms with E-state index in [2.05, 4.69) is 10.4 Å². The predicted octanol–water partition coefficient (Wildman–Crippen LogP) is 3.96. The highest BCUT2D eigenvalue weighted by Gasteiger charge is 2.13. The minimum Gasteiger partial charge on any atom is -0.368 e. The standard InChI is InChI=1S/C24H27N5O3/c1-16-12-13-20-19(15-16)24(31)29-23(26-20)18-10-7-6-9-17(18)22(27-29)25-14-8-4-2-3-5-11-21(30)28-32/h6-7,9-10,12-13,15,32H,2-5,8,11,14H2,1H3,(H,25,27)(H,28,30). The Kier molecular flexibility index (Phi) is 6.61. The van der Waals surface area contributed by atoms with Crippen molar-refractivity contribution < 1.29 is 10.0 Å². The third kappa shape index (κ3) is 4.55. The smallest absolute Gasteiger partial charge is 0.282 e. The molecule has 8 nitrogen and oxygen atoms in total. The van der Waals surface area contributed by atoms with Crippen LogP contribution >= 0.6 is 0 Å². The van der Waals surface area contributed by atoms with E-state index in [4.69, 9.17) is 10.2 Å². The lowest BCUT2D eigenvalue weighted by Crippen LogP contribution is -2.20. The summed E-state index contributed by atoms with van der Waals surface area (Å²) < 4.78 is 1.40. The van der Waals surface area contributed by atoms with Crippen LogP contribution in [-0.4, -0.2) is 32.3 Å². The molecule has 4 aromatic rings. The Morgan fingerprint density at radius 1 is 1.00 bits per heavy atom. The number of hydrogen-bond donors (Lipinski definition) is 3. The van der Waals surface area contributed by atoms with E-state index < -0.39 is 0 Å². The molecular weight excluding hydrogens is 406 g/mol. The largest absolute Gasteiger partial charge is 0.368 e. The van der Waals surface area contributed by atoms with Gasteiger partial charge in [-0.25, -0.2) is 10.5 Å². The monoisotopic (exact) mass is 433 g/mol. The van der Waals surface area contributed by atoms with Gasteiger partial charge in [-0.15, -0.1) is 5.10 Å². The van der Waals surface area contributed by atoms with Crippen LogP contribution in [-0.2, 0) is 4.79 Å². The van der Waals surface area contributed by atoms with Crippen molar-refractivity contribution in [3.8, 4) is 0 Å². The number of hydrogen-bond acceptors (Lipinski definition) is 6. The average molecular weight is 434 g/mol. The van der Waals surface area contributed by atoms with Gasteiger partial charge in [0.15, 0.2) is 11.5 Å². The molecule has 32 heavy (non-hydrogen) atoms. The number of benzene rings is 2. The number of hydroxylamine groups is 1. The summed E-state index contributed by atoms with van der Waals surface area (Å²) in [5.41, 5.74) is 3.71. The molecule has 0 saturated heterocycles. The van der Waals surface area contributed by atoms with Crippen molar-refractivity contribution in [2.45, 2.75) is 45.4 Å². The molecule has 1 amide bonds. The molecule has 0 spiro atoms. The first-order valence-electron chi connectivity index (χ1n) is 11.0. The summed E-state index contributed by atoms with van der Waals surface area (Å²) in [6.07, 6.45) is 5.03. The van der Waals surface area contributed by atoms with Gasteiger partial charge < -0.3 is 5.32 Å². The van der Waals surface area contributed by atoms with Crippen molar-refractivity contribution in [3.63, 3.8) is 0 Å². The van der Waals surface area contributed by atoms with Gasteiger partial charge in [0, 0.05) is 23.7 Å². The summed E-state index contributed by atoms with van der Waals surface area (Å²) in [4.78, 5) is 28.9. The van der Waals surface area contributed by atoms with E-state index in [9.17, 15) is 9.59 Å². The molecule has 0 atom stereocenters. The number of nitrogens with one attached hydrogen (secondary N) is 2. The SMILES string of the molecule is Cc1ccc2nc3c4ccccc4c(NCCCCCCCC(=O)NO)nn3c(=O)c2c1. The minimum absolute atomic E-state index is 0.172. The quantitative estimate of drug-likeness (QED) is 0.121. The first-order valence-corrected chi connectivity index (χ1v) is 11.0. The van der Waals surface area contributed by atoms with Gasteiger partial charge in [-0.3, -0.25) is 14.8 Å². The molecule has 0 radical (unpaired) electrons. The number of carbonyl (C=O) groups is 1. The zero-order valence-electron chi connectivity index (χ0n) is 18.1. The summed E-state index contributed by atoms with van der Waals surface area (Å²) in [5.74, 6) is 0.331. The van der Waals surface area contributed by atoms with Crippen LogP contribution in [0.5, 0.6) is 0 Å². The normalized spacial score (nSPS) is 11.3. The maximum atomic E-state index is 13.2. The molecule has 3 N–H and O–H groups in total. The highest BCUT2D eigenvalue weighted by atomic mass is 16.5. The molecular formula is C24H27N5O3. The third-order valence-corrected chi connectivity index (χ3v) is 5.62. The minimum atomic E-state index is -0.339. The third-order valence-electron chi connectivity index (χ3n) is 5.62. The van der Waals surface area contributed by atoms with Crippen molar-refractivity contribution >= 4 is 39.0 Å². The maximum Gasteiger partial charge on any atom is 0.282 e. The fraction of sp³-hybridized carbons (Fsp3) is 0.333. The van der Waals surface area contributed by atoms with E-state index in [1.54, 1.807) is 5.48 Å². The molecule has 2 aromatic carbocycles. The van der Waals surface area contributed by atoms with Crippen molar-refractivity contribution in [2.75, 3.05) is 11.9 Å². The van der Waals surface area contributed by atoms with Gasteiger partial charge in [0.05, 0.1) is 10.9 Å². The van der Waals surface area contributed by atoms with Crippen molar-refractivity contribution in [3.05, 3.63) is 58.4 Å². The van der Waals surface area contributed by atoms with E-state index in [0.717, 1.165) is 55.0 Å². The fourth-order valence-corrected chi connectivity index (χ4v) is 3.93. The summed E-state index contributed by atoms with van der Waals surface area (Å²) in [6, 6.07) is 13.5. The Morgan fingerprint density at radius 2 is 1.75 bits per heavy atom. The number of carbonyl (C=O) groups excluding carboxylic acids is 1. The van der Waals surface area contributed by atoms with Crippen LogP contribution in [0.4, 0.5) is 5.82 Å². The van der Waals surface area contributed by atoms with Gasteiger partial charge in [0.1, 0.15) is 0 Å².